The summed E-state index contributed by atoms with van der Waals surface area (Å²) in [7, 11) is 0. The van der Waals surface area contributed by atoms with Gasteiger partial charge in [0.1, 0.15) is 25.1 Å². The van der Waals surface area contributed by atoms with Crippen LogP contribution in [-0.4, -0.2) is 50.3 Å². The molecule has 1 saturated carbocycles. The minimum Gasteiger partial charge on any atom is -0.482 e. The summed E-state index contributed by atoms with van der Waals surface area (Å²) in [5.74, 6) is 0.924. The van der Waals surface area contributed by atoms with Crippen LogP contribution in [0.25, 0.3) is 0 Å². The van der Waals surface area contributed by atoms with E-state index in [1.54, 1.807) is 0 Å². The van der Waals surface area contributed by atoms with Crippen LogP contribution in [-0.2, 0) is 59.3 Å². The third kappa shape index (κ3) is 11.1. The van der Waals surface area contributed by atoms with Crippen molar-refractivity contribution >= 4 is 11.9 Å². The van der Waals surface area contributed by atoms with Crippen molar-refractivity contribution in [3.05, 3.63) is 101 Å². The Morgan fingerprint density at radius 2 is 1.62 bits per heavy atom. The summed E-state index contributed by atoms with van der Waals surface area (Å²) in [5, 5.41) is 0. The molecule has 8 heteroatoms. The van der Waals surface area contributed by atoms with Gasteiger partial charge in [0.25, 0.3) is 0 Å². The first-order valence-corrected chi connectivity index (χ1v) is 19.6. The quantitative estimate of drug-likeness (QED) is 0.0903. The predicted molar refractivity (Wildman–Crippen MR) is 198 cm³/mol. The van der Waals surface area contributed by atoms with Gasteiger partial charge in [-0.1, -0.05) is 99.0 Å². The lowest BCUT2D eigenvalue weighted by Crippen LogP contribution is -2.32. The summed E-state index contributed by atoms with van der Waals surface area (Å²) in [6.45, 7) is 3.37. The second kappa shape index (κ2) is 19.9. The molecule has 1 heterocycles. The number of carbonyl (C=O) groups is 2. The van der Waals surface area contributed by atoms with Crippen molar-refractivity contribution in [2.75, 3.05) is 19.8 Å². The number of benzene rings is 3. The monoisotopic (exact) mass is 712 g/mol. The molecule has 0 radical (unpaired) electrons. The van der Waals surface area contributed by atoms with E-state index in [2.05, 4.69) is 13.0 Å². The second-order valence-electron chi connectivity index (χ2n) is 14.7. The molecule has 6 atom stereocenters. The molecule has 1 saturated heterocycles. The Kier molecular flexibility index (Phi) is 14.6. The van der Waals surface area contributed by atoms with Crippen LogP contribution >= 0.6 is 0 Å². The van der Waals surface area contributed by atoms with E-state index >= 15 is 0 Å². The number of hydrogen-bond donors (Lipinski definition) is 0. The maximum absolute atomic E-state index is 13.2. The average Bonchev–Trinajstić information content (AvgIpc) is 3.50. The Morgan fingerprint density at radius 3 is 2.37 bits per heavy atom. The van der Waals surface area contributed by atoms with Gasteiger partial charge in [-0.15, -0.1) is 0 Å². The minimum atomic E-state index is -0.396. The Labute approximate surface area is 309 Å². The summed E-state index contributed by atoms with van der Waals surface area (Å²) in [5.41, 5.74) is 4.35. The Bertz CT molecular complexity index is 1520. The maximum Gasteiger partial charge on any atom is 0.344 e. The molecule has 0 bridgehead atoms. The van der Waals surface area contributed by atoms with Crippen LogP contribution in [0.5, 0.6) is 5.75 Å². The van der Waals surface area contributed by atoms with Crippen molar-refractivity contribution < 1.29 is 38.0 Å². The zero-order valence-electron chi connectivity index (χ0n) is 30.8. The summed E-state index contributed by atoms with van der Waals surface area (Å²) < 4.78 is 36.2. The maximum atomic E-state index is 13.2. The highest BCUT2D eigenvalue weighted by Gasteiger charge is 2.47. The van der Waals surface area contributed by atoms with Gasteiger partial charge in [-0.25, -0.2) is 9.59 Å². The van der Waals surface area contributed by atoms with Crippen LogP contribution in [0.2, 0.25) is 0 Å². The average molecular weight is 713 g/mol. The third-order valence-electron chi connectivity index (χ3n) is 11.0. The fraction of sp³-hybridized carbons (Fsp3) is 0.545. The zero-order chi connectivity index (χ0) is 36.0. The fourth-order valence-electron chi connectivity index (χ4n) is 8.31. The summed E-state index contributed by atoms with van der Waals surface area (Å²) in [6.07, 6.45) is 11.8. The van der Waals surface area contributed by atoms with Crippen molar-refractivity contribution in [2.45, 2.75) is 116 Å². The van der Waals surface area contributed by atoms with E-state index in [4.69, 9.17) is 28.4 Å². The molecular weight excluding hydrogens is 656 g/mol. The van der Waals surface area contributed by atoms with Gasteiger partial charge in [0.2, 0.25) is 0 Å². The number of ether oxygens (including phenoxy) is 6. The van der Waals surface area contributed by atoms with Crippen LogP contribution in [0.4, 0.5) is 0 Å². The SMILES string of the molecule is CCCCC[C@@H](CC[C@@H]1[C@H]2Cc3cccc(OCC(=O)OCc4ccccc4)c3C[C@H]2C[C@H]1OC(=O)COCc1ccccc1)OC1CCCCO1. The van der Waals surface area contributed by atoms with Gasteiger partial charge in [0, 0.05) is 6.61 Å². The molecule has 0 spiro atoms. The second-order valence-corrected chi connectivity index (χ2v) is 14.7. The largest absolute Gasteiger partial charge is 0.482 e. The van der Waals surface area contributed by atoms with Crippen LogP contribution in [0.3, 0.4) is 0 Å². The molecule has 6 rings (SSSR count). The molecule has 0 N–H and O–H groups in total. The molecule has 1 aliphatic heterocycles. The van der Waals surface area contributed by atoms with Gasteiger partial charge in [0.15, 0.2) is 12.9 Å². The molecule has 0 aromatic heterocycles. The predicted octanol–water partition coefficient (Wildman–Crippen LogP) is 8.56. The molecule has 52 heavy (non-hydrogen) atoms. The van der Waals surface area contributed by atoms with Crippen molar-refractivity contribution in [2.24, 2.45) is 17.8 Å². The smallest absolute Gasteiger partial charge is 0.344 e. The zero-order valence-corrected chi connectivity index (χ0v) is 30.8. The summed E-state index contributed by atoms with van der Waals surface area (Å²) in [6, 6.07) is 25.7. The van der Waals surface area contributed by atoms with Crippen molar-refractivity contribution in [3.8, 4) is 5.75 Å². The molecule has 3 aromatic rings. The van der Waals surface area contributed by atoms with Gasteiger partial charge in [0.05, 0.1) is 12.7 Å². The lowest BCUT2D eigenvalue weighted by molar-refractivity contribution is -0.191. The molecule has 280 valence electrons. The van der Waals surface area contributed by atoms with Crippen molar-refractivity contribution in [1.29, 1.82) is 0 Å². The molecule has 8 nitrogen and oxygen atoms in total. The summed E-state index contributed by atoms with van der Waals surface area (Å²) in [4.78, 5) is 25.8. The van der Waals surface area contributed by atoms with E-state index < -0.39 is 5.97 Å². The Morgan fingerprint density at radius 1 is 0.827 bits per heavy atom. The highest BCUT2D eigenvalue weighted by atomic mass is 16.7. The van der Waals surface area contributed by atoms with Crippen LogP contribution in [0, 0.1) is 17.8 Å². The number of rotatable bonds is 19. The van der Waals surface area contributed by atoms with E-state index in [0.717, 1.165) is 93.3 Å². The van der Waals surface area contributed by atoms with Crippen molar-refractivity contribution in [3.63, 3.8) is 0 Å². The first-order valence-electron chi connectivity index (χ1n) is 19.6. The van der Waals surface area contributed by atoms with E-state index in [9.17, 15) is 9.59 Å². The van der Waals surface area contributed by atoms with E-state index in [-0.39, 0.29) is 50.2 Å². The fourth-order valence-corrected chi connectivity index (χ4v) is 8.31. The van der Waals surface area contributed by atoms with Gasteiger partial charge in [-0.2, -0.15) is 0 Å². The third-order valence-corrected chi connectivity index (χ3v) is 11.0. The molecule has 3 aromatic carbocycles. The summed E-state index contributed by atoms with van der Waals surface area (Å²) >= 11 is 0. The number of fused-ring (bicyclic) bond motifs is 2. The normalized spacial score (nSPS) is 22.9. The lowest BCUT2D eigenvalue weighted by atomic mass is 9.73. The molecule has 0 amide bonds. The van der Waals surface area contributed by atoms with Gasteiger partial charge in [-0.3, -0.25) is 0 Å². The highest BCUT2D eigenvalue weighted by Crippen LogP contribution is 2.49. The van der Waals surface area contributed by atoms with Crippen LogP contribution in [0.15, 0.2) is 78.9 Å². The molecule has 2 aliphatic carbocycles. The van der Waals surface area contributed by atoms with Gasteiger partial charge >= 0.3 is 11.9 Å². The number of unbranched alkanes of at least 4 members (excludes halogenated alkanes) is 2. The van der Waals surface area contributed by atoms with Crippen LogP contribution < -0.4 is 4.74 Å². The Hall–Kier alpha value is -3.72. The first-order chi connectivity index (χ1) is 25.6. The number of carbonyl (C=O) groups excluding carboxylic acids is 2. The van der Waals surface area contributed by atoms with E-state index in [1.807, 2.05) is 72.8 Å². The topological polar surface area (TPSA) is 89.5 Å². The first kappa shape index (κ1) is 38.0. The Balaban J connectivity index is 1.11. The van der Waals surface area contributed by atoms with E-state index in [0.29, 0.717) is 18.4 Å². The standard InChI is InChI=1S/C44H56O8/c1-2-3-6-19-36(51-44-21-11-12-24-48-44)22-23-37-38-25-34-18-13-20-40(49-31-42(45)50-29-33-16-9-5-10-17-33)39(34)26-35(38)27-41(37)52-43(46)30-47-28-32-14-7-4-8-15-32/h4-5,7-10,13-18,20,35-38,41,44H,2-3,6,11-12,19,21-31H2,1H3/t35-,36-,37+,38-,41+,44?/m0/s1. The van der Waals surface area contributed by atoms with Crippen LogP contribution in [0.1, 0.15) is 93.4 Å². The van der Waals surface area contributed by atoms with Crippen molar-refractivity contribution in [1.82, 2.24) is 0 Å². The highest BCUT2D eigenvalue weighted by molar-refractivity contribution is 5.71. The minimum absolute atomic E-state index is 0.0756. The van der Waals surface area contributed by atoms with Gasteiger partial charge < -0.3 is 28.4 Å². The van der Waals surface area contributed by atoms with Gasteiger partial charge in [-0.05, 0) is 104 Å². The molecular formula is C44H56O8. The lowest BCUT2D eigenvalue weighted by Gasteiger charge is -2.33. The number of hydrogen-bond acceptors (Lipinski definition) is 8. The molecule has 1 unspecified atom stereocenters. The molecule has 3 aliphatic rings. The van der Waals surface area contributed by atoms with E-state index in [1.165, 1.54) is 18.4 Å². The number of esters is 2. The molecule has 2 fully saturated rings.